The van der Waals surface area contributed by atoms with E-state index in [1.807, 2.05) is 23.1 Å². The van der Waals surface area contributed by atoms with Crippen molar-refractivity contribution in [1.29, 1.82) is 0 Å². The molecule has 5 heteroatoms. The van der Waals surface area contributed by atoms with E-state index in [0.717, 1.165) is 37.1 Å². The molecular weight excluding hydrogens is 350 g/mol. The van der Waals surface area contributed by atoms with E-state index in [2.05, 4.69) is 60.7 Å². The number of ether oxygens (including phenoxy) is 1. The largest absolute Gasteiger partial charge is 0.376 e. The van der Waals surface area contributed by atoms with Crippen LogP contribution in [0.15, 0.2) is 54.6 Å². The van der Waals surface area contributed by atoms with Gasteiger partial charge in [-0.3, -0.25) is 0 Å². The van der Waals surface area contributed by atoms with Crippen LogP contribution in [0.1, 0.15) is 29.5 Å². The smallest absolute Gasteiger partial charge is 0.318 e. The molecule has 1 unspecified atom stereocenters. The van der Waals surface area contributed by atoms with E-state index in [9.17, 15) is 4.79 Å². The molecule has 1 N–H and O–H groups in total. The van der Waals surface area contributed by atoms with Gasteiger partial charge in [0, 0.05) is 32.8 Å². The van der Waals surface area contributed by atoms with Crippen molar-refractivity contribution < 1.29 is 9.53 Å². The number of benzene rings is 2. The predicted molar refractivity (Wildman–Crippen MR) is 112 cm³/mol. The molecule has 0 saturated carbocycles. The number of amides is 2. The summed E-state index contributed by atoms with van der Waals surface area (Å²) < 4.78 is 5.75. The lowest BCUT2D eigenvalue weighted by atomic mass is 10.1. The Morgan fingerprint density at radius 2 is 1.68 bits per heavy atom. The minimum absolute atomic E-state index is 0.0447. The van der Waals surface area contributed by atoms with E-state index in [-0.39, 0.29) is 12.1 Å². The quantitative estimate of drug-likeness (QED) is 0.759. The topological polar surface area (TPSA) is 44.8 Å². The zero-order chi connectivity index (χ0) is 19.8. The van der Waals surface area contributed by atoms with Gasteiger partial charge in [-0.05, 0) is 43.6 Å². The highest BCUT2D eigenvalue weighted by Crippen LogP contribution is 2.15. The van der Waals surface area contributed by atoms with E-state index < -0.39 is 0 Å². The van der Waals surface area contributed by atoms with Gasteiger partial charge in [-0.2, -0.15) is 0 Å². The van der Waals surface area contributed by atoms with Gasteiger partial charge in [0.25, 0.3) is 0 Å². The second kappa shape index (κ2) is 10.2. The van der Waals surface area contributed by atoms with Gasteiger partial charge in [-0.15, -0.1) is 0 Å². The fraction of sp³-hybridized carbons (Fsp3) is 0.435. The Balaban J connectivity index is 1.58. The van der Waals surface area contributed by atoms with Crippen LogP contribution in [0.5, 0.6) is 0 Å². The predicted octanol–water partition coefficient (Wildman–Crippen LogP) is 3.64. The molecule has 0 aliphatic carbocycles. The molecule has 5 nitrogen and oxygen atoms in total. The molecule has 1 aliphatic heterocycles. The van der Waals surface area contributed by atoms with Crippen molar-refractivity contribution in [3.05, 3.63) is 71.3 Å². The first-order valence-corrected chi connectivity index (χ1v) is 10.0. The molecule has 1 atom stereocenters. The number of hydrogen-bond acceptors (Lipinski definition) is 3. The Morgan fingerprint density at radius 1 is 1.00 bits per heavy atom. The third kappa shape index (κ3) is 6.36. The van der Waals surface area contributed by atoms with Gasteiger partial charge < -0.3 is 19.9 Å². The number of hydrogen-bond donors (Lipinski definition) is 1. The molecular formula is C23H31N3O2. The standard InChI is InChI=1S/C23H31N3O2/c1-25(2)16-21-12-10-19(11-13-21)15-24-23(27)26(18-22-9-6-14-28-22)17-20-7-4-3-5-8-20/h3-5,7-8,10-13,22H,6,9,14-18H2,1-2H3,(H,24,27). The summed E-state index contributed by atoms with van der Waals surface area (Å²) in [6.45, 7) is 3.46. The van der Waals surface area contributed by atoms with Crippen LogP contribution >= 0.6 is 0 Å². The maximum absolute atomic E-state index is 12.9. The number of rotatable bonds is 8. The van der Waals surface area contributed by atoms with Crippen LogP contribution in [0.3, 0.4) is 0 Å². The fourth-order valence-corrected chi connectivity index (χ4v) is 3.47. The first kappa shape index (κ1) is 20.4. The first-order valence-electron chi connectivity index (χ1n) is 10.0. The lowest BCUT2D eigenvalue weighted by Gasteiger charge is -2.26. The van der Waals surface area contributed by atoms with Crippen molar-refractivity contribution in [2.75, 3.05) is 27.2 Å². The number of carbonyl (C=O) groups excluding carboxylic acids is 1. The van der Waals surface area contributed by atoms with Crippen LogP contribution < -0.4 is 5.32 Å². The Hall–Kier alpha value is -2.37. The number of urea groups is 1. The van der Waals surface area contributed by atoms with E-state index in [1.165, 1.54) is 5.56 Å². The van der Waals surface area contributed by atoms with Crippen LogP contribution in [0.4, 0.5) is 4.79 Å². The maximum Gasteiger partial charge on any atom is 0.318 e. The molecule has 0 aromatic heterocycles. The molecule has 1 fully saturated rings. The summed E-state index contributed by atoms with van der Waals surface area (Å²) in [5.41, 5.74) is 3.50. The molecule has 2 aromatic carbocycles. The Labute approximate surface area is 168 Å². The van der Waals surface area contributed by atoms with E-state index in [1.54, 1.807) is 0 Å². The van der Waals surface area contributed by atoms with Crippen molar-refractivity contribution in [2.24, 2.45) is 0 Å². The highest BCUT2D eigenvalue weighted by Gasteiger charge is 2.22. The summed E-state index contributed by atoms with van der Waals surface area (Å²) in [6, 6.07) is 18.5. The van der Waals surface area contributed by atoms with Crippen molar-refractivity contribution in [2.45, 2.75) is 38.6 Å². The SMILES string of the molecule is CN(C)Cc1ccc(CNC(=O)N(Cc2ccccc2)CC2CCCO2)cc1. The molecule has 28 heavy (non-hydrogen) atoms. The summed E-state index contributed by atoms with van der Waals surface area (Å²) >= 11 is 0. The molecule has 2 aromatic rings. The summed E-state index contributed by atoms with van der Waals surface area (Å²) in [4.78, 5) is 16.9. The normalized spacial score (nSPS) is 16.3. The average molecular weight is 382 g/mol. The average Bonchev–Trinajstić information content (AvgIpc) is 3.20. The summed E-state index contributed by atoms with van der Waals surface area (Å²) in [7, 11) is 4.12. The molecule has 150 valence electrons. The molecule has 0 bridgehead atoms. The van der Waals surface area contributed by atoms with Gasteiger partial charge in [0.05, 0.1) is 6.10 Å². The van der Waals surface area contributed by atoms with Gasteiger partial charge in [-0.1, -0.05) is 54.6 Å². The minimum atomic E-state index is -0.0447. The van der Waals surface area contributed by atoms with Gasteiger partial charge >= 0.3 is 6.03 Å². The first-order chi connectivity index (χ1) is 13.6. The Bertz CT molecular complexity index is 725. The second-order valence-corrected chi connectivity index (χ2v) is 7.71. The zero-order valence-corrected chi connectivity index (χ0v) is 16.9. The van der Waals surface area contributed by atoms with E-state index in [0.29, 0.717) is 19.6 Å². The second-order valence-electron chi connectivity index (χ2n) is 7.71. The van der Waals surface area contributed by atoms with Crippen LogP contribution in [-0.4, -0.2) is 49.2 Å². The monoisotopic (exact) mass is 381 g/mol. The van der Waals surface area contributed by atoms with Crippen LogP contribution in [0.2, 0.25) is 0 Å². The summed E-state index contributed by atoms with van der Waals surface area (Å²) in [6.07, 6.45) is 2.23. The van der Waals surface area contributed by atoms with Crippen LogP contribution in [-0.2, 0) is 24.4 Å². The molecule has 3 rings (SSSR count). The molecule has 1 saturated heterocycles. The lowest BCUT2D eigenvalue weighted by molar-refractivity contribution is 0.0794. The maximum atomic E-state index is 12.9. The number of carbonyl (C=O) groups is 1. The summed E-state index contributed by atoms with van der Waals surface area (Å²) in [5.74, 6) is 0. The third-order valence-electron chi connectivity index (χ3n) is 4.92. The molecule has 2 amide bonds. The van der Waals surface area contributed by atoms with Crippen molar-refractivity contribution in [3.8, 4) is 0 Å². The third-order valence-corrected chi connectivity index (χ3v) is 4.92. The Kier molecular flexibility index (Phi) is 7.46. The highest BCUT2D eigenvalue weighted by atomic mass is 16.5. The molecule has 1 heterocycles. The number of nitrogens with zero attached hydrogens (tertiary/aromatic N) is 2. The van der Waals surface area contributed by atoms with Gasteiger partial charge in [0.1, 0.15) is 0 Å². The fourth-order valence-electron chi connectivity index (χ4n) is 3.47. The summed E-state index contributed by atoms with van der Waals surface area (Å²) in [5, 5.41) is 3.07. The van der Waals surface area contributed by atoms with Gasteiger partial charge in [0.15, 0.2) is 0 Å². The van der Waals surface area contributed by atoms with E-state index >= 15 is 0 Å². The van der Waals surface area contributed by atoms with Crippen LogP contribution in [0.25, 0.3) is 0 Å². The van der Waals surface area contributed by atoms with Gasteiger partial charge in [0.2, 0.25) is 0 Å². The highest BCUT2D eigenvalue weighted by molar-refractivity contribution is 5.74. The van der Waals surface area contributed by atoms with Crippen molar-refractivity contribution in [3.63, 3.8) is 0 Å². The molecule has 1 aliphatic rings. The zero-order valence-electron chi connectivity index (χ0n) is 16.9. The Morgan fingerprint density at radius 3 is 2.32 bits per heavy atom. The van der Waals surface area contributed by atoms with Gasteiger partial charge in [-0.25, -0.2) is 4.79 Å². The molecule has 0 spiro atoms. The minimum Gasteiger partial charge on any atom is -0.376 e. The van der Waals surface area contributed by atoms with E-state index in [4.69, 9.17) is 4.74 Å². The number of nitrogens with one attached hydrogen (secondary N) is 1. The van der Waals surface area contributed by atoms with Crippen molar-refractivity contribution >= 4 is 6.03 Å². The van der Waals surface area contributed by atoms with Crippen molar-refractivity contribution in [1.82, 2.24) is 15.1 Å². The van der Waals surface area contributed by atoms with Crippen LogP contribution in [0, 0.1) is 0 Å². The molecule has 0 radical (unpaired) electrons. The lowest BCUT2D eigenvalue weighted by Crippen LogP contribution is -2.43.